The molecule has 5 heteroatoms. The first-order chi connectivity index (χ1) is 11.1. The summed E-state index contributed by atoms with van der Waals surface area (Å²) in [7, 11) is 1.64. The number of nitrogens with one attached hydrogen (secondary N) is 2. The highest BCUT2D eigenvalue weighted by Gasteiger charge is 2.11. The summed E-state index contributed by atoms with van der Waals surface area (Å²) in [5.41, 5.74) is 5.53. The SMILES string of the molecule is COc1cc(C)cc(C)c1CNC(=O)c1ccc2nc[nH]c2c1. The van der Waals surface area contributed by atoms with Gasteiger partial charge in [-0.15, -0.1) is 0 Å². The van der Waals surface area contributed by atoms with Crippen LogP contribution >= 0.6 is 0 Å². The van der Waals surface area contributed by atoms with Crippen LogP contribution in [0.1, 0.15) is 27.0 Å². The second-order valence-corrected chi connectivity index (χ2v) is 5.58. The lowest BCUT2D eigenvalue weighted by molar-refractivity contribution is 0.0951. The first-order valence-electron chi connectivity index (χ1n) is 7.44. The molecule has 118 valence electrons. The number of ether oxygens (including phenoxy) is 1. The van der Waals surface area contributed by atoms with Gasteiger partial charge in [-0.25, -0.2) is 4.98 Å². The summed E-state index contributed by atoms with van der Waals surface area (Å²) in [6, 6.07) is 9.47. The number of carbonyl (C=O) groups is 1. The molecule has 1 heterocycles. The number of H-pyrrole nitrogens is 1. The molecule has 1 amide bonds. The fourth-order valence-corrected chi connectivity index (χ4v) is 2.71. The van der Waals surface area contributed by atoms with E-state index < -0.39 is 0 Å². The molecule has 0 atom stereocenters. The molecule has 0 spiro atoms. The lowest BCUT2D eigenvalue weighted by Crippen LogP contribution is -2.23. The summed E-state index contributed by atoms with van der Waals surface area (Å²) in [5, 5.41) is 2.95. The molecule has 0 aliphatic rings. The fraction of sp³-hybridized carbons (Fsp3) is 0.222. The minimum atomic E-state index is -0.122. The van der Waals surface area contributed by atoms with E-state index in [9.17, 15) is 4.79 Å². The van der Waals surface area contributed by atoms with Crippen LogP contribution in [-0.4, -0.2) is 23.0 Å². The zero-order valence-corrected chi connectivity index (χ0v) is 13.4. The van der Waals surface area contributed by atoms with E-state index in [0.717, 1.165) is 33.5 Å². The topological polar surface area (TPSA) is 67.0 Å². The second-order valence-electron chi connectivity index (χ2n) is 5.58. The predicted molar refractivity (Wildman–Crippen MR) is 89.7 cm³/mol. The number of hydrogen-bond acceptors (Lipinski definition) is 3. The second kappa shape index (κ2) is 6.12. The Labute approximate surface area is 134 Å². The van der Waals surface area contributed by atoms with E-state index in [0.29, 0.717) is 12.1 Å². The van der Waals surface area contributed by atoms with Crippen LogP contribution < -0.4 is 10.1 Å². The van der Waals surface area contributed by atoms with Crippen molar-refractivity contribution in [2.45, 2.75) is 20.4 Å². The Morgan fingerprint density at radius 2 is 2.09 bits per heavy atom. The maximum Gasteiger partial charge on any atom is 0.251 e. The van der Waals surface area contributed by atoms with E-state index in [1.165, 1.54) is 0 Å². The number of rotatable bonds is 4. The molecule has 3 aromatic rings. The number of aromatic amines is 1. The Morgan fingerprint density at radius 3 is 2.87 bits per heavy atom. The summed E-state index contributed by atoms with van der Waals surface area (Å²) >= 11 is 0. The number of amides is 1. The van der Waals surface area contributed by atoms with Gasteiger partial charge < -0.3 is 15.0 Å². The van der Waals surface area contributed by atoms with E-state index >= 15 is 0 Å². The summed E-state index contributed by atoms with van der Waals surface area (Å²) < 4.78 is 5.43. The molecule has 23 heavy (non-hydrogen) atoms. The molecule has 2 N–H and O–H groups in total. The smallest absolute Gasteiger partial charge is 0.251 e. The van der Waals surface area contributed by atoms with Gasteiger partial charge in [0, 0.05) is 17.7 Å². The molecular weight excluding hydrogens is 290 g/mol. The number of imidazole rings is 1. The third kappa shape index (κ3) is 3.04. The minimum absolute atomic E-state index is 0.122. The average Bonchev–Trinajstić information content (AvgIpc) is 3.00. The monoisotopic (exact) mass is 309 g/mol. The summed E-state index contributed by atoms with van der Waals surface area (Å²) in [5.74, 6) is 0.676. The molecule has 2 aromatic carbocycles. The normalized spacial score (nSPS) is 10.7. The van der Waals surface area contributed by atoms with E-state index in [4.69, 9.17) is 4.74 Å². The van der Waals surface area contributed by atoms with E-state index in [-0.39, 0.29) is 5.91 Å². The van der Waals surface area contributed by atoms with Crippen LogP contribution in [0, 0.1) is 13.8 Å². The molecule has 3 rings (SSSR count). The highest BCUT2D eigenvalue weighted by molar-refractivity contribution is 5.97. The van der Waals surface area contributed by atoms with Crippen LogP contribution in [-0.2, 0) is 6.54 Å². The summed E-state index contributed by atoms with van der Waals surface area (Å²) in [6.45, 7) is 4.47. The molecule has 0 fully saturated rings. The quantitative estimate of drug-likeness (QED) is 0.778. The third-order valence-corrected chi connectivity index (χ3v) is 3.90. The van der Waals surface area contributed by atoms with Crippen LogP contribution in [0.25, 0.3) is 11.0 Å². The first kappa shape index (κ1) is 15.1. The Bertz CT molecular complexity index is 868. The van der Waals surface area contributed by atoms with E-state index in [1.807, 2.05) is 26.0 Å². The van der Waals surface area contributed by atoms with Crippen LogP contribution in [0.4, 0.5) is 0 Å². The van der Waals surface area contributed by atoms with E-state index in [2.05, 4.69) is 21.4 Å². The van der Waals surface area contributed by atoms with Crippen LogP contribution in [0.2, 0.25) is 0 Å². The number of hydrogen-bond donors (Lipinski definition) is 2. The Kier molecular flexibility index (Phi) is 4.02. The van der Waals surface area contributed by atoms with Crippen LogP contribution in [0.3, 0.4) is 0 Å². The largest absolute Gasteiger partial charge is 0.496 e. The molecule has 0 aliphatic carbocycles. The van der Waals surface area contributed by atoms with Crippen molar-refractivity contribution in [3.8, 4) is 5.75 Å². The molecular formula is C18H19N3O2. The van der Waals surface area contributed by atoms with Gasteiger partial charge in [0.05, 0.1) is 24.5 Å². The number of carbonyl (C=O) groups excluding carboxylic acids is 1. The van der Waals surface area contributed by atoms with Crippen molar-refractivity contribution in [1.82, 2.24) is 15.3 Å². The van der Waals surface area contributed by atoms with Crippen LogP contribution in [0.5, 0.6) is 5.75 Å². The standard InChI is InChI=1S/C18H19N3O2/c1-11-6-12(2)14(17(7-11)23-3)9-19-18(22)13-4-5-15-16(8-13)21-10-20-15/h4-8,10H,9H2,1-3H3,(H,19,22)(H,20,21). The number of methoxy groups -OCH3 is 1. The van der Waals surface area contributed by atoms with Crippen molar-refractivity contribution < 1.29 is 9.53 Å². The highest BCUT2D eigenvalue weighted by atomic mass is 16.5. The van der Waals surface area contributed by atoms with Gasteiger partial charge in [0.15, 0.2) is 0 Å². The minimum Gasteiger partial charge on any atom is -0.496 e. The zero-order chi connectivity index (χ0) is 16.4. The van der Waals surface area contributed by atoms with Gasteiger partial charge in [-0.1, -0.05) is 6.07 Å². The van der Waals surface area contributed by atoms with Crippen molar-refractivity contribution in [1.29, 1.82) is 0 Å². The molecule has 1 aromatic heterocycles. The lowest BCUT2D eigenvalue weighted by atomic mass is 10.0. The molecule has 0 saturated heterocycles. The van der Waals surface area contributed by atoms with Gasteiger partial charge in [-0.3, -0.25) is 4.79 Å². The van der Waals surface area contributed by atoms with Gasteiger partial charge >= 0.3 is 0 Å². The molecule has 0 bridgehead atoms. The van der Waals surface area contributed by atoms with Crippen molar-refractivity contribution in [2.24, 2.45) is 0 Å². The maximum atomic E-state index is 12.4. The van der Waals surface area contributed by atoms with Crippen molar-refractivity contribution in [3.05, 3.63) is 58.9 Å². The first-order valence-corrected chi connectivity index (χ1v) is 7.44. The summed E-state index contributed by atoms with van der Waals surface area (Å²) in [6.07, 6.45) is 1.62. The van der Waals surface area contributed by atoms with Gasteiger partial charge in [0.1, 0.15) is 5.75 Å². The predicted octanol–water partition coefficient (Wildman–Crippen LogP) is 3.12. The Morgan fingerprint density at radius 1 is 1.26 bits per heavy atom. The Hall–Kier alpha value is -2.82. The van der Waals surface area contributed by atoms with Gasteiger partial charge in [0.25, 0.3) is 5.91 Å². The maximum absolute atomic E-state index is 12.4. The third-order valence-electron chi connectivity index (χ3n) is 3.90. The van der Waals surface area contributed by atoms with Gasteiger partial charge in [-0.05, 0) is 49.2 Å². The number of fused-ring (bicyclic) bond motifs is 1. The van der Waals surface area contributed by atoms with Crippen molar-refractivity contribution >= 4 is 16.9 Å². The number of aryl methyl sites for hydroxylation is 2. The van der Waals surface area contributed by atoms with Crippen molar-refractivity contribution in [3.63, 3.8) is 0 Å². The van der Waals surface area contributed by atoms with Gasteiger partial charge in [0.2, 0.25) is 0 Å². The number of benzene rings is 2. The van der Waals surface area contributed by atoms with Gasteiger partial charge in [-0.2, -0.15) is 0 Å². The van der Waals surface area contributed by atoms with Crippen molar-refractivity contribution in [2.75, 3.05) is 7.11 Å². The average molecular weight is 309 g/mol. The summed E-state index contributed by atoms with van der Waals surface area (Å²) in [4.78, 5) is 19.5. The zero-order valence-electron chi connectivity index (χ0n) is 13.4. The molecule has 0 radical (unpaired) electrons. The molecule has 0 aliphatic heterocycles. The molecule has 0 unspecified atom stereocenters. The molecule has 0 saturated carbocycles. The van der Waals surface area contributed by atoms with E-state index in [1.54, 1.807) is 25.6 Å². The molecule has 5 nitrogen and oxygen atoms in total. The number of aromatic nitrogens is 2. The van der Waals surface area contributed by atoms with Crippen LogP contribution in [0.15, 0.2) is 36.7 Å². The fourth-order valence-electron chi connectivity index (χ4n) is 2.71. The Balaban J connectivity index is 1.79. The lowest BCUT2D eigenvalue weighted by Gasteiger charge is -2.14. The highest BCUT2D eigenvalue weighted by Crippen LogP contribution is 2.24. The number of nitrogens with zero attached hydrogens (tertiary/aromatic N) is 1.